The lowest BCUT2D eigenvalue weighted by Gasteiger charge is -2.10. The standard InChI is InChI=1S/C51H48N12/c1-4-22-52-25-10-16-40-13-7-19-46(31-40)49-37-61(58-55-49)34-43-28-44(35-62-38-50(56-59-62)47-20-8-14-41(32-47)17-11-26-53-23-5-2)30-45(29-43)36-63-39-51(57-60-63)48-21-9-15-42(33-48)18-12-27-54-24-6-3/h4-9,13-15,19-21,28-33,37-39,52-54H,1-3,22-27,34-36H2. The molecule has 0 fully saturated rings. The van der Waals surface area contributed by atoms with Gasteiger partial charge in [-0.3, -0.25) is 0 Å². The fourth-order valence-corrected chi connectivity index (χ4v) is 6.62. The van der Waals surface area contributed by atoms with Crippen molar-refractivity contribution in [2.75, 3.05) is 39.3 Å². The zero-order valence-electron chi connectivity index (χ0n) is 35.1. The van der Waals surface area contributed by atoms with Crippen LogP contribution < -0.4 is 16.0 Å². The van der Waals surface area contributed by atoms with Gasteiger partial charge in [0.1, 0.15) is 17.1 Å². The van der Waals surface area contributed by atoms with E-state index in [0.29, 0.717) is 58.9 Å². The number of aromatic nitrogens is 9. The molecular weight excluding hydrogens is 781 g/mol. The van der Waals surface area contributed by atoms with Crippen LogP contribution in [0.2, 0.25) is 0 Å². The third kappa shape index (κ3) is 13.0. The van der Waals surface area contributed by atoms with Crippen LogP contribution in [0.5, 0.6) is 0 Å². The highest BCUT2D eigenvalue weighted by atomic mass is 15.4. The van der Waals surface area contributed by atoms with Crippen LogP contribution in [0.4, 0.5) is 0 Å². The second kappa shape index (κ2) is 22.6. The molecule has 12 heteroatoms. The Morgan fingerprint density at radius 1 is 0.444 bits per heavy atom. The van der Waals surface area contributed by atoms with Crippen LogP contribution in [-0.2, 0) is 19.6 Å². The van der Waals surface area contributed by atoms with Crippen LogP contribution in [0, 0.1) is 35.5 Å². The maximum atomic E-state index is 4.52. The van der Waals surface area contributed by atoms with E-state index in [1.54, 1.807) is 0 Å². The van der Waals surface area contributed by atoms with Gasteiger partial charge in [-0.15, -0.1) is 35.0 Å². The smallest absolute Gasteiger partial charge is 0.113 e. The normalized spacial score (nSPS) is 10.5. The first kappa shape index (κ1) is 43.2. The molecule has 0 radical (unpaired) electrons. The van der Waals surface area contributed by atoms with Crippen molar-refractivity contribution in [3.05, 3.63) is 181 Å². The first-order valence-corrected chi connectivity index (χ1v) is 20.6. The predicted molar refractivity (Wildman–Crippen MR) is 250 cm³/mol. The number of benzene rings is 4. The maximum Gasteiger partial charge on any atom is 0.113 e. The zero-order valence-corrected chi connectivity index (χ0v) is 35.1. The molecule has 0 aliphatic heterocycles. The summed E-state index contributed by atoms with van der Waals surface area (Å²) < 4.78 is 5.56. The number of hydrogen-bond acceptors (Lipinski definition) is 9. The molecule has 312 valence electrons. The van der Waals surface area contributed by atoms with Crippen molar-refractivity contribution in [2.24, 2.45) is 0 Å². The van der Waals surface area contributed by atoms with Gasteiger partial charge in [0.2, 0.25) is 0 Å². The van der Waals surface area contributed by atoms with Crippen molar-refractivity contribution in [1.29, 1.82) is 0 Å². The number of rotatable bonds is 18. The molecule has 0 unspecified atom stereocenters. The van der Waals surface area contributed by atoms with E-state index in [4.69, 9.17) is 0 Å². The van der Waals surface area contributed by atoms with Crippen LogP contribution in [0.25, 0.3) is 33.8 Å². The third-order valence-corrected chi connectivity index (χ3v) is 9.44. The molecule has 0 amide bonds. The van der Waals surface area contributed by atoms with Crippen LogP contribution in [0.1, 0.15) is 33.4 Å². The van der Waals surface area contributed by atoms with Gasteiger partial charge in [-0.2, -0.15) is 0 Å². The minimum Gasteiger partial charge on any atom is -0.303 e. The Hall–Kier alpha value is -7.92. The molecule has 7 aromatic rings. The molecule has 4 aromatic carbocycles. The summed E-state index contributed by atoms with van der Waals surface area (Å²) >= 11 is 0. The molecule has 7 rings (SSSR count). The lowest BCUT2D eigenvalue weighted by molar-refractivity contribution is 0.628. The summed E-state index contributed by atoms with van der Waals surface area (Å²) in [5, 5.41) is 36.7. The highest BCUT2D eigenvalue weighted by Crippen LogP contribution is 2.22. The Bertz CT molecular complexity index is 2540. The minimum absolute atomic E-state index is 0.501. The van der Waals surface area contributed by atoms with Gasteiger partial charge in [-0.1, -0.05) is 124 Å². The van der Waals surface area contributed by atoms with E-state index in [1.165, 1.54) is 0 Å². The van der Waals surface area contributed by atoms with Gasteiger partial charge in [0, 0.05) is 53.0 Å². The molecule has 0 saturated carbocycles. The SMILES string of the molecule is C=CCNCC#Cc1cccc(-c2cn(Cc3cc(Cn4cc(-c5cccc(C#CCNCC=C)c5)nn4)cc(Cn4cc(-c5cccc(C#CCNCC=C)c5)nn4)c3)nn2)c1. The van der Waals surface area contributed by atoms with E-state index in [0.717, 1.165) is 67.2 Å². The molecule has 12 nitrogen and oxygen atoms in total. The average Bonchev–Trinajstić information content (AvgIpc) is 4.09. The molecule has 0 aliphatic rings. The Labute approximate surface area is 368 Å². The lowest BCUT2D eigenvalue weighted by atomic mass is 10.0. The zero-order chi connectivity index (χ0) is 43.5. The molecule has 3 heterocycles. The van der Waals surface area contributed by atoms with E-state index in [9.17, 15) is 0 Å². The first-order chi connectivity index (χ1) is 31.0. The van der Waals surface area contributed by atoms with Crippen molar-refractivity contribution < 1.29 is 0 Å². The largest absolute Gasteiger partial charge is 0.303 e. The maximum absolute atomic E-state index is 4.52. The van der Waals surface area contributed by atoms with Gasteiger partial charge < -0.3 is 16.0 Å². The molecule has 0 atom stereocenters. The van der Waals surface area contributed by atoms with Crippen molar-refractivity contribution >= 4 is 0 Å². The lowest BCUT2D eigenvalue weighted by Crippen LogP contribution is -2.12. The Morgan fingerprint density at radius 3 is 1.06 bits per heavy atom. The number of nitrogens with one attached hydrogen (secondary N) is 3. The minimum atomic E-state index is 0.501. The molecule has 0 spiro atoms. The fraction of sp³-hybridized carbons (Fsp3) is 0.176. The predicted octanol–water partition coefficient (Wildman–Crippen LogP) is 5.99. The van der Waals surface area contributed by atoms with E-state index >= 15 is 0 Å². The summed E-state index contributed by atoms with van der Waals surface area (Å²) in [4.78, 5) is 0. The summed E-state index contributed by atoms with van der Waals surface area (Å²) in [5.41, 5.74) is 11.0. The fourth-order valence-electron chi connectivity index (χ4n) is 6.62. The molecule has 0 saturated heterocycles. The molecule has 0 bridgehead atoms. The Kier molecular flexibility index (Phi) is 15.5. The van der Waals surface area contributed by atoms with Gasteiger partial charge in [0.05, 0.1) is 57.9 Å². The van der Waals surface area contributed by atoms with Gasteiger partial charge >= 0.3 is 0 Å². The van der Waals surface area contributed by atoms with Crippen molar-refractivity contribution in [1.82, 2.24) is 60.9 Å². The van der Waals surface area contributed by atoms with E-state index in [1.807, 2.05) is 124 Å². The second-order valence-corrected chi connectivity index (χ2v) is 14.5. The quantitative estimate of drug-likeness (QED) is 0.0544. The van der Waals surface area contributed by atoms with Gasteiger partial charge in [-0.05, 0) is 53.1 Å². The van der Waals surface area contributed by atoms with Crippen molar-refractivity contribution in [3.63, 3.8) is 0 Å². The third-order valence-electron chi connectivity index (χ3n) is 9.44. The van der Waals surface area contributed by atoms with E-state index in [-0.39, 0.29) is 0 Å². The Morgan fingerprint density at radius 2 is 0.762 bits per heavy atom. The second-order valence-electron chi connectivity index (χ2n) is 14.5. The molecule has 3 aromatic heterocycles. The summed E-state index contributed by atoms with van der Waals surface area (Å²) in [5.74, 6) is 19.1. The van der Waals surface area contributed by atoms with Crippen molar-refractivity contribution in [2.45, 2.75) is 19.6 Å². The summed E-state index contributed by atoms with van der Waals surface area (Å²) in [6, 6.07) is 30.6. The van der Waals surface area contributed by atoms with Crippen LogP contribution in [0.3, 0.4) is 0 Å². The van der Waals surface area contributed by atoms with Gasteiger partial charge in [0.15, 0.2) is 0 Å². The highest BCUT2D eigenvalue weighted by Gasteiger charge is 2.12. The van der Waals surface area contributed by atoms with Crippen LogP contribution in [-0.4, -0.2) is 84.3 Å². The van der Waals surface area contributed by atoms with Crippen LogP contribution in [0.15, 0.2) is 148 Å². The van der Waals surface area contributed by atoms with Crippen molar-refractivity contribution in [3.8, 4) is 69.3 Å². The molecular formula is C51H48N12. The summed E-state index contributed by atoms with van der Waals surface area (Å²) in [6.07, 6.45) is 11.3. The average molecular weight is 829 g/mol. The number of hydrogen-bond donors (Lipinski definition) is 3. The highest BCUT2D eigenvalue weighted by molar-refractivity contribution is 5.62. The first-order valence-electron chi connectivity index (χ1n) is 20.6. The monoisotopic (exact) mass is 828 g/mol. The Balaban J connectivity index is 1.11. The van der Waals surface area contributed by atoms with E-state index in [2.05, 4.69) is 120 Å². The van der Waals surface area contributed by atoms with E-state index < -0.39 is 0 Å². The molecule has 0 aliphatic carbocycles. The van der Waals surface area contributed by atoms with Gasteiger partial charge in [-0.25, -0.2) is 14.0 Å². The number of nitrogens with zero attached hydrogens (tertiary/aromatic N) is 9. The van der Waals surface area contributed by atoms with Gasteiger partial charge in [0.25, 0.3) is 0 Å². The molecule has 63 heavy (non-hydrogen) atoms. The molecule has 3 N–H and O–H groups in total. The van der Waals surface area contributed by atoms with Crippen LogP contribution >= 0.6 is 0 Å². The summed E-state index contributed by atoms with van der Waals surface area (Å²) in [6.45, 7) is 16.6. The summed E-state index contributed by atoms with van der Waals surface area (Å²) in [7, 11) is 0. The topological polar surface area (TPSA) is 128 Å².